The molecule has 0 radical (unpaired) electrons. The molecule has 1 aliphatic heterocycles. The van der Waals surface area contributed by atoms with Crippen molar-refractivity contribution in [1.29, 1.82) is 0 Å². The van der Waals surface area contributed by atoms with E-state index in [1.165, 1.54) is 6.33 Å². The third-order valence-corrected chi connectivity index (χ3v) is 4.59. The Morgan fingerprint density at radius 1 is 1.30 bits per heavy atom. The van der Waals surface area contributed by atoms with Crippen molar-refractivity contribution in [1.82, 2.24) is 25.1 Å². The third kappa shape index (κ3) is 2.83. The van der Waals surface area contributed by atoms with E-state index < -0.39 is 0 Å². The van der Waals surface area contributed by atoms with Gasteiger partial charge in [0.05, 0.1) is 17.2 Å². The van der Waals surface area contributed by atoms with E-state index >= 15 is 0 Å². The second-order valence-corrected chi connectivity index (χ2v) is 6.36. The molecule has 120 valence electrons. The van der Waals surface area contributed by atoms with Crippen LogP contribution in [0.25, 0.3) is 11.5 Å². The number of nitrogens with zero attached hydrogens (tertiary/aromatic N) is 5. The van der Waals surface area contributed by atoms with Crippen molar-refractivity contribution in [3.8, 4) is 11.5 Å². The monoisotopic (exact) mass is 313 g/mol. The van der Waals surface area contributed by atoms with Crippen molar-refractivity contribution in [2.45, 2.75) is 38.5 Å². The Labute approximate surface area is 134 Å². The van der Waals surface area contributed by atoms with E-state index in [0.29, 0.717) is 24.2 Å². The Morgan fingerprint density at radius 3 is 2.96 bits per heavy atom. The van der Waals surface area contributed by atoms with Crippen molar-refractivity contribution in [3.05, 3.63) is 24.1 Å². The molecular weight excluding hydrogens is 294 g/mol. The first-order valence-corrected chi connectivity index (χ1v) is 8.11. The first-order valence-electron chi connectivity index (χ1n) is 8.11. The number of aromatic nitrogens is 4. The maximum absolute atomic E-state index is 12.3. The van der Waals surface area contributed by atoms with Gasteiger partial charge in [-0.05, 0) is 32.6 Å². The molecule has 3 heterocycles. The lowest BCUT2D eigenvalue weighted by Gasteiger charge is -2.31. The topological polar surface area (TPSA) is 85.0 Å². The summed E-state index contributed by atoms with van der Waals surface area (Å²) >= 11 is 0. The standard InChI is InChI=1S/C16H19N5O2/c1-10-13(7-17-9-18-10)15-20-19-14(23-15)12-3-2-6-21(8-12)16(22)11-4-5-11/h7,9,11-12H,2-6,8H2,1H3/t12-/m0/s1. The van der Waals surface area contributed by atoms with Crippen molar-refractivity contribution in [3.63, 3.8) is 0 Å². The molecule has 23 heavy (non-hydrogen) atoms. The Bertz CT molecular complexity index is 725. The van der Waals surface area contributed by atoms with Crippen LogP contribution in [0, 0.1) is 12.8 Å². The smallest absolute Gasteiger partial charge is 0.251 e. The average Bonchev–Trinajstić information content (AvgIpc) is 3.32. The minimum Gasteiger partial charge on any atom is -0.420 e. The van der Waals surface area contributed by atoms with E-state index in [4.69, 9.17) is 4.42 Å². The fourth-order valence-electron chi connectivity index (χ4n) is 3.08. The van der Waals surface area contributed by atoms with Gasteiger partial charge in [-0.15, -0.1) is 10.2 Å². The van der Waals surface area contributed by atoms with Gasteiger partial charge < -0.3 is 9.32 Å². The van der Waals surface area contributed by atoms with Crippen LogP contribution in [0.5, 0.6) is 0 Å². The highest BCUT2D eigenvalue weighted by molar-refractivity contribution is 5.81. The zero-order valence-electron chi connectivity index (χ0n) is 13.1. The lowest BCUT2D eigenvalue weighted by atomic mass is 9.97. The van der Waals surface area contributed by atoms with Crippen LogP contribution in [0.3, 0.4) is 0 Å². The van der Waals surface area contributed by atoms with Crippen LogP contribution < -0.4 is 0 Å². The molecule has 0 N–H and O–H groups in total. The van der Waals surface area contributed by atoms with Gasteiger partial charge in [-0.2, -0.15) is 0 Å². The predicted molar refractivity (Wildman–Crippen MR) is 81.3 cm³/mol. The molecule has 0 aromatic carbocycles. The normalized spacial score (nSPS) is 21.4. The van der Waals surface area contributed by atoms with Gasteiger partial charge in [0.2, 0.25) is 11.8 Å². The minimum atomic E-state index is 0.123. The second-order valence-electron chi connectivity index (χ2n) is 6.36. The number of aryl methyl sites for hydroxylation is 1. The highest BCUT2D eigenvalue weighted by Gasteiger charge is 2.36. The summed E-state index contributed by atoms with van der Waals surface area (Å²) in [5.41, 5.74) is 1.57. The molecule has 0 unspecified atom stereocenters. The van der Waals surface area contributed by atoms with Gasteiger partial charge in [0.1, 0.15) is 6.33 Å². The summed E-state index contributed by atoms with van der Waals surface area (Å²) in [4.78, 5) is 22.4. The van der Waals surface area contributed by atoms with Gasteiger partial charge in [-0.3, -0.25) is 4.79 Å². The molecule has 2 aromatic heterocycles. The summed E-state index contributed by atoms with van der Waals surface area (Å²) in [6.07, 6.45) is 7.21. The van der Waals surface area contributed by atoms with E-state index in [0.717, 1.165) is 43.5 Å². The first kappa shape index (κ1) is 14.3. The van der Waals surface area contributed by atoms with E-state index in [9.17, 15) is 4.79 Å². The lowest BCUT2D eigenvalue weighted by Crippen LogP contribution is -2.40. The Morgan fingerprint density at radius 2 is 2.17 bits per heavy atom. The molecule has 1 saturated carbocycles. The number of hydrogen-bond donors (Lipinski definition) is 0. The zero-order valence-corrected chi connectivity index (χ0v) is 13.1. The highest BCUT2D eigenvalue weighted by Crippen LogP contribution is 2.34. The molecular formula is C16H19N5O2. The largest absolute Gasteiger partial charge is 0.420 e. The second kappa shape index (κ2) is 5.72. The lowest BCUT2D eigenvalue weighted by molar-refractivity contribution is -0.133. The van der Waals surface area contributed by atoms with Crippen LogP contribution in [-0.4, -0.2) is 44.1 Å². The molecule has 1 amide bonds. The molecule has 2 aromatic rings. The fourth-order valence-corrected chi connectivity index (χ4v) is 3.08. The molecule has 7 heteroatoms. The van der Waals surface area contributed by atoms with E-state index in [-0.39, 0.29) is 11.8 Å². The summed E-state index contributed by atoms with van der Waals surface area (Å²) in [7, 11) is 0. The van der Waals surface area contributed by atoms with Crippen molar-refractivity contribution < 1.29 is 9.21 Å². The van der Waals surface area contributed by atoms with Crippen LogP contribution in [-0.2, 0) is 4.79 Å². The summed E-state index contributed by atoms with van der Waals surface area (Å²) in [5, 5.41) is 8.34. The van der Waals surface area contributed by atoms with Crippen molar-refractivity contribution >= 4 is 5.91 Å². The number of carbonyl (C=O) groups excluding carboxylic acids is 1. The molecule has 1 aliphatic carbocycles. The molecule has 0 spiro atoms. The summed E-state index contributed by atoms with van der Waals surface area (Å²) < 4.78 is 5.85. The summed E-state index contributed by atoms with van der Waals surface area (Å²) in [6, 6.07) is 0. The zero-order chi connectivity index (χ0) is 15.8. The highest BCUT2D eigenvalue weighted by atomic mass is 16.4. The van der Waals surface area contributed by atoms with Crippen LogP contribution in [0.1, 0.15) is 43.2 Å². The van der Waals surface area contributed by atoms with Crippen LogP contribution in [0.2, 0.25) is 0 Å². The van der Waals surface area contributed by atoms with Gasteiger partial charge in [0, 0.05) is 25.2 Å². The number of piperidine rings is 1. The average molecular weight is 313 g/mol. The molecule has 4 rings (SSSR count). The van der Waals surface area contributed by atoms with E-state index in [1.807, 2.05) is 11.8 Å². The minimum absolute atomic E-state index is 0.123. The van der Waals surface area contributed by atoms with Crippen LogP contribution in [0.15, 0.2) is 16.9 Å². The quantitative estimate of drug-likeness (QED) is 0.861. The SMILES string of the molecule is Cc1ncncc1-c1nnc([C@H]2CCCN(C(=O)C3CC3)C2)o1. The maximum atomic E-state index is 12.3. The molecule has 2 aliphatic rings. The van der Waals surface area contributed by atoms with E-state index in [2.05, 4.69) is 20.2 Å². The number of rotatable bonds is 3. The summed E-state index contributed by atoms with van der Waals surface area (Å²) in [6.45, 7) is 3.41. The molecule has 2 fully saturated rings. The Balaban J connectivity index is 1.52. The molecule has 1 saturated heterocycles. The van der Waals surface area contributed by atoms with E-state index in [1.54, 1.807) is 6.20 Å². The maximum Gasteiger partial charge on any atom is 0.251 e. The van der Waals surface area contributed by atoms with Crippen molar-refractivity contribution in [2.75, 3.05) is 13.1 Å². The summed E-state index contributed by atoms with van der Waals surface area (Å²) in [5.74, 6) is 1.73. The van der Waals surface area contributed by atoms with Crippen molar-refractivity contribution in [2.24, 2.45) is 5.92 Å². The fraction of sp³-hybridized carbons (Fsp3) is 0.562. The number of amides is 1. The number of likely N-dealkylation sites (tertiary alicyclic amines) is 1. The predicted octanol–water partition coefficient (Wildman–Crippen LogP) is 1.95. The first-order chi connectivity index (χ1) is 11.2. The molecule has 0 bridgehead atoms. The van der Waals surface area contributed by atoms with Gasteiger partial charge in [-0.25, -0.2) is 9.97 Å². The van der Waals surface area contributed by atoms with Crippen LogP contribution in [0.4, 0.5) is 0 Å². The Hall–Kier alpha value is -2.31. The molecule has 7 nitrogen and oxygen atoms in total. The number of carbonyl (C=O) groups is 1. The third-order valence-electron chi connectivity index (χ3n) is 4.59. The van der Waals surface area contributed by atoms with Gasteiger partial charge >= 0.3 is 0 Å². The van der Waals surface area contributed by atoms with Gasteiger partial charge in [0.25, 0.3) is 5.89 Å². The van der Waals surface area contributed by atoms with Crippen LogP contribution >= 0.6 is 0 Å². The van der Waals surface area contributed by atoms with Gasteiger partial charge in [-0.1, -0.05) is 0 Å². The number of hydrogen-bond acceptors (Lipinski definition) is 6. The van der Waals surface area contributed by atoms with Gasteiger partial charge in [0.15, 0.2) is 0 Å². The molecule has 1 atom stereocenters. The Kier molecular flexibility index (Phi) is 3.55.